The lowest BCUT2D eigenvalue weighted by Crippen LogP contribution is -2.23. The van der Waals surface area contributed by atoms with Crippen LogP contribution in [0.2, 0.25) is 5.02 Å². The molecule has 0 bridgehead atoms. The van der Waals surface area contributed by atoms with Crippen LogP contribution in [0, 0.1) is 3.57 Å². The summed E-state index contributed by atoms with van der Waals surface area (Å²) >= 11 is 8.27. The zero-order chi connectivity index (χ0) is 11.3. The largest absolute Gasteiger partial charge is 0.379 e. The van der Waals surface area contributed by atoms with E-state index in [9.17, 15) is 0 Å². The molecule has 0 saturated heterocycles. The molecule has 1 aromatic carbocycles. The highest BCUT2D eigenvalue weighted by Gasteiger charge is 2.06. The number of nitrogens with one attached hydrogen (secondary N) is 1. The summed E-state index contributed by atoms with van der Waals surface area (Å²) in [5.74, 6) is 0. The zero-order valence-corrected chi connectivity index (χ0v) is 11.5. The summed E-state index contributed by atoms with van der Waals surface area (Å²) in [4.78, 5) is 0. The Morgan fingerprint density at radius 2 is 2.07 bits per heavy atom. The Morgan fingerprint density at radius 3 is 2.60 bits per heavy atom. The van der Waals surface area contributed by atoms with Crippen molar-refractivity contribution in [1.29, 1.82) is 0 Å². The van der Waals surface area contributed by atoms with E-state index in [1.165, 1.54) is 0 Å². The standard InChI is InChI=1S/C10H13ClINO2/c1-14-10(15-2)6-13-9-4-3-7(12)5-8(9)11/h3-5,10,13H,6H2,1-2H3. The van der Waals surface area contributed by atoms with Crippen molar-refractivity contribution in [3.63, 3.8) is 0 Å². The van der Waals surface area contributed by atoms with Gasteiger partial charge < -0.3 is 14.8 Å². The molecule has 5 heteroatoms. The van der Waals surface area contributed by atoms with E-state index in [1.54, 1.807) is 14.2 Å². The van der Waals surface area contributed by atoms with E-state index in [0.29, 0.717) is 11.6 Å². The Bertz CT molecular complexity index is 318. The maximum atomic E-state index is 6.05. The molecule has 0 spiro atoms. The SMILES string of the molecule is COC(CNc1ccc(I)cc1Cl)OC. The summed E-state index contributed by atoms with van der Waals surface area (Å²) in [5, 5.41) is 3.86. The third-order valence-electron chi connectivity index (χ3n) is 1.92. The molecule has 0 aliphatic carbocycles. The summed E-state index contributed by atoms with van der Waals surface area (Å²) in [6, 6.07) is 5.83. The molecule has 0 aromatic heterocycles. The van der Waals surface area contributed by atoms with Gasteiger partial charge >= 0.3 is 0 Å². The zero-order valence-electron chi connectivity index (χ0n) is 8.59. The van der Waals surface area contributed by atoms with Gasteiger partial charge in [0.15, 0.2) is 6.29 Å². The van der Waals surface area contributed by atoms with Gasteiger partial charge in [-0.3, -0.25) is 0 Å². The predicted molar refractivity (Wildman–Crippen MR) is 70.5 cm³/mol. The fraction of sp³-hybridized carbons (Fsp3) is 0.400. The molecule has 0 aliphatic heterocycles. The van der Waals surface area contributed by atoms with Gasteiger partial charge in [-0.05, 0) is 40.8 Å². The Balaban J connectivity index is 2.57. The van der Waals surface area contributed by atoms with Gasteiger partial charge in [0.1, 0.15) is 0 Å². The van der Waals surface area contributed by atoms with Crippen LogP contribution >= 0.6 is 34.2 Å². The van der Waals surface area contributed by atoms with Gasteiger partial charge in [0.2, 0.25) is 0 Å². The Morgan fingerprint density at radius 1 is 1.40 bits per heavy atom. The molecule has 1 N–H and O–H groups in total. The van der Waals surface area contributed by atoms with Crippen molar-refractivity contribution in [2.75, 3.05) is 26.1 Å². The van der Waals surface area contributed by atoms with E-state index in [0.717, 1.165) is 9.26 Å². The maximum Gasteiger partial charge on any atom is 0.173 e. The van der Waals surface area contributed by atoms with Crippen molar-refractivity contribution in [2.24, 2.45) is 0 Å². The third-order valence-corrected chi connectivity index (χ3v) is 2.90. The first-order valence-electron chi connectivity index (χ1n) is 4.42. The molecule has 0 aliphatic rings. The Labute approximate surface area is 108 Å². The number of anilines is 1. The molecule has 0 saturated carbocycles. The number of benzene rings is 1. The van der Waals surface area contributed by atoms with Crippen LogP contribution < -0.4 is 5.32 Å². The highest BCUT2D eigenvalue weighted by Crippen LogP contribution is 2.23. The van der Waals surface area contributed by atoms with Crippen LogP contribution in [0.5, 0.6) is 0 Å². The summed E-state index contributed by atoms with van der Waals surface area (Å²) in [6.07, 6.45) is -0.264. The number of hydrogen-bond acceptors (Lipinski definition) is 3. The lowest BCUT2D eigenvalue weighted by atomic mass is 10.3. The average Bonchev–Trinajstić information content (AvgIpc) is 2.22. The molecule has 0 radical (unpaired) electrons. The molecule has 1 rings (SSSR count). The molecule has 15 heavy (non-hydrogen) atoms. The number of ether oxygens (including phenoxy) is 2. The van der Waals surface area contributed by atoms with E-state index in [4.69, 9.17) is 21.1 Å². The number of methoxy groups -OCH3 is 2. The minimum Gasteiger partial charge on any atom is -0.379 e. The first-order chi connectivity index (χ1) is 7.17. The van der Waals surface area contributed by atoms with Gasteiger partial charge in [0, 0.05) is 17.8 Å². The minimum atomic E-state index is -0.264. The smallest absolute Gasteiger partial charge is 0.173 e. The fourth-order valence-electron chi connectivity index (χ4n) is 1.09. The molecular formula is C10H13ClINO2. The van der Waals surface area contributed by atoms with Crippen LogP contribution in [0.3, 0.4) is 0 Å². The quantitative estimate of drug-likeness (QED) is 0.660. The molecule has 3 nitrogen and oxygen atoms in total. The maximum absolute atomic E-state index is 6.05. The van der Waals surface area contributed by atoms with Crippen LogP contribution in [0.4, 0.5) is 5.69 Å². The Hall–Kier alpha value is -0.0400. The average molecular weight is 342 g/mol. The summed E-state index contributed by atoms with van der Waals surface area (Å²) < 4.78 is 11.2. The minimum absolute atomic E-state index is 0.264. The molecule has 0 unspecified atom stereocenters. The summed E-state index contributed by atoms with van der Waals surface area (Å²) in [5.41, 5.74) is 0.885. The van der Waals surface area contributed by atoms with Crippen molar-refractivity contribution in [3.8, 4) is 0 Å². The molecular weight excluding hydrogens is 328 g/mol. The fourth-order valence-corrected chi connectivity index (χ4v) is 2.01. The van der Waals surface area contributed by atoms with Gasteiger partial charge in [-0.25, -0.2) is 0 Å². The summed E-state index contributed by atoms with van der Waals surface area (Å²) in [6.45, 7) is 0.563. The lowest BCUT2D eigenvalue weighted by molar-refractivity contribution is -0.0914. The first-order valence-corrected chi connectivity index (χ1v) is 5.87. The van der Waals surface area contributed by atoms with Crippen LogP contribution in [-0.4, -0.2) is 27.1 Å². The van der Waals surface area contributed by atoms with Gasteiger partial charge in [-0.15, -0.1) is 0 Å². The first kappa shape index (κ1) is 13.0. The lowest BCUT2D eigenvalue weighted by Gasteiger charge is -2.15. The van der Waals surface area contributed by atoms with E-state index >= 15 is 0 Å². The second-order valence-electron chi connectivity index (χ2n) is 2.91. The van der Waals surface area contributed by atoms with Crippen molar-refractivity contribution in [2.45, 2.75) is 6.29 Å². The van der Waals surface area contributed by atoms with Gasteiger partial charge in [-0.2, -0.15) is 0 Å². The monoisotopic (exact) mass is 341 g/mol. The van der Waals surface area contributed by atoms with E-state index in [2.05, 4.69) is 27.9 Å². The van der Waals surface area contributed by atoms with E-state index in [-0.39, 0.29) is 6.29 Å². The highest BCUT2D eigenvalue weighted by atomic mass is 127. The van der Waals surface area contributed by atoms with Crippen molar-refractivity contribution < 1.29 is 9.47 Å². The normalized spacial score (nSPS) is 10.7. The van der Waals surface area contributed by atoms with E-state index < -0.39 is 0 Å². The second-order valence-corrected chi connectivity index (χ2v) is 4.56. The van der Waals surface area contributed by atoms with Gasteiger partial charge in [0.25, 0.3) is 0 Å². The molecule has 1 aromatic rings. The predicted octanol–water partition coefficient (Wildman–Crippen LogP) is 2.98. The Kier molecular flexibility index (Phi) is 5.66. The van der Waals surface area contributed by atoms with Crippen molar-refractivity contribution in [1.82, 2.24) is 0 Å². The van der Waals surface area contributed by atoms with Gasteiger partial charge in [0.05, 0.1) is 17.3 Å². The van der Waals surface area contributed by atoms with Gasteiger partial charge in [-0.1, -0.05) is 11.6 Å². The van der Waals surface area contributed by atoms with Crippen LogP contribution in [0.1, 0.15) is 0 Å². The van der Waals surface area contributed by atoms with Crippen LogP contribution in [0.15, 0.2) is 18.2 Å². The number of halogens is 2. The molecule has 0 amide bonds. The molecule has 0 heterocycles. The summed E-state index contributed by atoms with van der Waals surface area (Å²) in [7, 11) is 3.21. The van der Waals surface area contributed by atoms with Crippen molar-refractivity contribution in [3.05, 3.63) is 26.8 Å². The van der Waals surface area contributed by atoms with Crippen molar-refractivity contribution >= 4 is 39.9 Å². The van der Waals surface area contributed by atoms with Crippen LogP contribution in [-0.2, 0) is 9.47 Å². The third kappa shape index (κ3) is 4.14. The highest BCUT2D eigenvalue weighted by molar-refractivity contribution is 14.1. The van der Waals surface area contributed by atoms with Crippen LogP contribution in [0.25, 0.3) is 0 Å². The van der Waals surface area contributed by atoms with E-state index in [1.807, 2.05) is 18.2 Å². The molecule has 0 atom stereocenters. The topological polar surface area (TPSA) is 30.5 Å². The second kappa shape index (κ2) is 6.52. The number of rotatable bonds is 5. The molecule has 84 valence electrons. The number of hydrogen-bond donors (Lipinski definition) is 1. The molecule has 0 fully saturated rings.